The van der Waals surface area contributed by atoms with Gasteiger partial charge in [0, 0.05) is 12.4 Å². The minimum Gasteiger partial charge on any atom is -0.431 e. The molecule has 0 aliphatic heterocycles. The molecule has 1 aliphatic carbocycles. The van der Waals surface area contributed by atoms with Crippen molar-refractivity contribution in [2.24, 2.45) is 0 Å². The lowest BCUT2D eigenvalue weighted by molar-refractivity contribution is -0.138. The van der Waals surface area contributed by atoms with Crippen LogP contribution in [0.2, 0.25) is 5.15 Å². The molecule has 12 heteroatoms. The zero-order chi connectivity index (χ0) is 21.4. The van der Waals surface area contributed by atoms with Crippen LogP contribution in [0.15, 0.2) is 30.6 Å². The summed E-state index contributed by atoms with van der Waals surface area (Å²) in [6.07, 6.45) is -2.28. The van der Waals surface area contributed by atoms with E-state index in [2.05, 4.69) is 20.0 Å². The molecule has 29 heavy (non-hydrogen) atoms. The lowest BCUT2D eigenvalue weighted by atomic mass is 9.80. The van der Waals surface area contributed by atoms with Crippen molar-refractivity contribution in [3.8, 4) is 5.75 Å². The number of fused-ring (bicyclic) bond motifs is 1. The van der Waals surface area contributed by atoms with Crippen LogP contribution in [0.25, 0.3) is 5.83 Å². The Hall–Kier alpha value is -2.53. The van der Waals surface area contributed by atoms with Gasteiger partial charge in [-0.15, -0.1) is 0 Å². The lowest BCUT2D eigenvalue weighted by Crippen LogP contribution is -2.41. The minimum atomic E-state index is -4.84. The summed E-state index contributed by atoms with van der Waals surface area (Å²) < 4.78 is 82.6. The molecule has 2 aromatic rings. The van der Waals surface area contributed by atoms with Gasteiger partial charge in [0.15, 0.2) is 11.6 Å². The smallest absolute Gasteiger partial charge is 0.418 e. The second kappa shape index (κ2) is 7.71. The number of hydrogen-bond acceptors (Lipinski definition) is 5. The first-order valence-corrected chi connectivity index (χ1v) is 8.37. The molecule has 2 aromatic heterocycles. The molecule has 5 nitrogen and oxygen atoms in total. The van der Waals surface area contributed by atoms with E-state index in [1.165, 1.54) is 12.3 Å². The standard InChI is InChI=1S/C17H12ClF6N3O2/c18-13-12-9(2-4-25-13)16(7-28,3-1-10(12)19)27-14-11(29-15(20)21)5-8(6-26-14)17(22,23)24/h1-2,4-6,15,28H,3,7H2,(H,26,27). The fourth-order valence-electron chi connectivity index (χ4n) is 2.95. The van der Waals surface area contributed by atoms with E-state index >= 15 is 0 Å². The highest BCUT2D eigenvalue weighted by molar-refractivity contribution is 6.31. The summed E-state index contributed by atoms with van der Waals surface area (Å²) >= 11 is 5.93. The molecule has 1 atom stereocenters. The molecule has 0 bridgehead atoms. The molecule has 2 N–H and O–H groups in total. The van der Waals surface area contributed by atoms with Gasteiger partial charge in [-0.3, -0.25) is 0 Å². The van der Waals surface area contributed by atoms with Gasteiger partial charge < -0.3 is 15.2 Å². The second-order valence-electron chi connectivity index (χ2n) is 6.09. The third kappa shape index (κ3) is 4.10. The quantitative estimate of drug-likeness (QED) is 0.519. The van der Waals surface area contributed by atoms with Gasteiger partial charge in [-0.25, -0.2) is 14.4 Å². The molecule has 3 rings (SSSR count). The minimum absolute atomic E-state index is 0.129. The highest BCUT2D eigenvalue weighted by Gasteiger charge is 2.40. The van der Waals surface area contributed by atoms with E-state index in [-0.39, 0.29) is 22.7 Å². The maximum Gasteiger partial charge on any atom is 0.418 e. The molecular weight excluding hydrogens is 428 g/mol. The van der Waals surface area contributed by atoms with Crippen molar-refractivity contribution in [3.63, 3.8) is 0 Å². The molecule has 2 heterocycles. The van der Waals surface area contributed by atoms with Gasteiger partial charge >= 0.3 is 12.8 Å². The van der Waals surface area contributed by atoms with Crippen molar-refractivity contribution < 1.29 is 36.2 Å². The number of aromatic nitrogens is 2. The molecule has 0 amide bonds. The van der Waals surface area contributed by atoms with E-state index in [0.717, 1.165) is 6.08 Å². The van der Waals surface area contributed by atoms with Gasteiger partial charge in [-0.2, -0.15) is 22.0 Å². The predicted octanol–water partition coefficient (Wildman–Crippen LogP) is 4.76. The summed E-state index contributed by atoms with van der Waals surface area (Å²) in [6.45, 7) is -4.12. The number of aliphatic hydroxyl groups is 1. The zero-order valence-electron chi connectivity index (χ0n) is 14.3. The Morgan fingerprint density at radius 2 is 2.03 bits per heavy atom. The van der Waals surface area contributed by atoms with Crippen LogP contribution in [0.1, 0.15) is 23.1 Å². The van der Waals surface area contributed by atoms with Crippen molar-refractivity contribution in [1.82, 2.24) is 9.97 Å². The number of hydrogen-bond donors (Lipinski definition) is 2. The van der Waals surface area contributed by atoms with E-state index in [4.69, 9.17) is 11.6 Å². The Morgan fingerprint density at radius 3 is 2.66 bits per heavy atom. The third-order valence-electron chi connectivity index (χ3n) is 4.31. The first-order valence-electron chi connectivity index (χ1n) is 7.99. The van der Waals surface area contributed by atoms with Gasteiger partial charge in [-0.1, -0.05) is 11.6 Å². The number of nitrogens with zero attached hydrogens (tertiary/aromatic N) is 2. The summed E-state index contributed by atoms with van der Waals surface area (Å²) in [5.74, 6) is -2.10. The molecule has 0 saturated carbocycles. The van der Waals surface area contributed by atoms with Crippen LogP contribution in [-0.2, 0) is 11.7 Å². The zero-order valence-corrected chi connectivity index (χ0v) is 15.0. The Bertz CT molecular complexity index is 953. The van der Waals surface area contributed by atoms with Crippen LogP contribution in [0.5, 0.6) is 5.75 Å². The SMILES string of the molecule is OCC1(Nc2ncc(C(F)(F)F)cc2OC(F)F)CC=C(F)c2c1ccnc2Cl. The summed E-state index contributed by atoms with van der Waals surface area (Å²) in [5, 5.41) is 12.4. The van der Waals surface area contributed by atoms with Crippen molar-refractivity contribution >= 4 is 23.2 Å². The molecular formula is C17H12ClF6N3O2. The number of anilines is 1. The molecule has 1 unspecified atom stereocenters. The van der Waals surface area contributed by atoms with Gasteiger partial charge in [0.25, 0.3) is 0 Å². The number of ether oxygens (including phenoxy) is 1. The Labute approximate surface area is 165 Å². The van der Waals surface area contributed by atoms with Crippen LogP contribution in [-0.4, -0.2) is 28.3 Å². The lowest BCUT2D eigenvalue weighted by Gasteiger charge is -2.37. The summed E-state index contributed by atoms with van der Waals surface area (Å²) in [4.78, 5) is 7.29. The van der Waals surface area contributed by atoms with Crippen molar-refractivity contribution in [1.29, 1.82) is 0 Å². The van der Waals surface area contributed by atoms with Crippen LogP contribution < -0.4 is 10.1 Å². The molecule has 0 radical (unpaired) electrons. The van der Waals surface area contributed by atoms with Crippen molar-refractivity contribution in [2.75, 3.05) is 11.9 Å². The Kier molecular flexibility index (Phi) is 5.63. The monoisotopic (exact) mass is 439 g/mol. The van der Waals surface area contributed by atoms with E-state index in [0.29, 0.717) is 12.3 Å². The van der Waals surface area contributed by atoms with Gasteiger partial charge in [0.05, 0.1) is 23.3 Å². The molecule has 0 saturated heterocycles. The van der Waals surface area contributed by atoms with E-state index < -0.39 is 47.9 Å². The van der Waals surface area contributed by atoms with E-state index in [1.54, 1.807) is 0 Å². The number of nitrogens with one attached hydrogen (secondary N) is 1. The van der Waals surface area contributed by atoms with Crippen molar-refractivity contribution in [2.45, 2.75) is 24.7 Å². The van der Waals surface area contributed by atoms with Crippen LogP contribution >= 0.6 is 11.6 Å². The normalized spacial score (nSPS) is 19.0. The van der Waals surface area contributed by atoms with Gasteiger partial charge in [-0.05, 0) is 30.2 Å². The van der Waals surface area contributed by atoms with Gasteiger partial charge in [0.2, 0.25) is 0 Å². The fourth-order valence-corrected chi connectivity index (χ4v) is 3.20. The van der Waals surface area contributed by atoms with Crippen LogP contribution in [0.4, 0.5) is 32.2 Å². The summed E-state index contributed by atoms with van der Waals surface area (Å²) in [6, 6.07) is 1.70. The number of alkyl halides is 5. The maximum absolute atomic E-state index is 14.3. The molecule has 0 fully saturated rings. The third-order valence-corrected chi connectivity index (χ3v) is 4.60. The van der Waals surface area contributed by atoms with Crippen molar-refractivity contribution in [3.05, 3.63) is 52.4 Å². The molecule has 0 spiro atoms. The predicted molar refractivity (Wildman–Crippen MR) is 91.2 cm³/mol. The van der Waals surface area contributed by atoms with E-state index in [9.17, 15) is 31.4 Å². The second-order valence-corrected chi connectivity index (χ2v) is 6.45. The fraction of sp³-hybridized carbons (Fsp3) is 0.294. The molecule has 1 aliphatic rings. The summed E-state index contributed by atoms with van der Waals surface area (Å²) in [5.41, 5.74) is -2.83. The summed E-state index contributed by atoms with van der Waals surface area (Å²) in [7, 11) is 0. The van der Waals surface area contributed by atoms with E-state index in [1.807, 2.05) is 0 Å². The number of rotatable bonds is 5. The van der Waals surface area contributed by atoms with Gasteiger partial charge in [0.1, 0.15) is 11.0 Å². The topological polar surface area (TPSA) is 67.3 Å². The Morgan fingerprint density at radius 1 is 1.31 bits per heavy atom. The van der Waals surface area contributed by atoms with Crippen LogP contribution in [0, 0.1) is 0 Å². The number of halogens is 7. The van der Waals surface area contributed by atoms with Crippen LogP contribution in [0.3, 0.4) is 0 Å². The average Bonchev–Trinajstić information content (AvgIpc) is 2.64. The molecule has 156 valence electrons. The highest BCUT2D eigenvalue weighted by atomic mass is 35.5. The number of aliphatic hydroxyl groups excluding tert-OH is 1. The highest BCUT2D eigenvalue weighted by Crippen LogP contribution is 2.44. The first-order chi connectivity index (χ1) is 13.6. The average molecular weight is 440 g/mol. The molecule has 0 aromatic carbocycles. The maximum atomic E-state index is 14.3. The first kappa shape index (κ1) is 21.2. The Balaban J connectivity index is 2.10. The number of pyridine rings is 2. The largest absolute Gasteiger partial charge is 0.431 e.